The van der Waals surface area contributed by atoms with E-state index >= 15 is 0 Å². The van der Waals surface area contributed by atoms with Gasteiger partial charge in [-0.3, -0.25) is 9.35 Å². The van der Waals surface area contributed by atoms with Crippen LogP contribution in [0.1, 0.15) is 0 Å². The van der Waals surface area contributed by atoms with Crippen LogP contribution in [0.25, 0.3) is 0 Å². The molecule has 0 aromatic heterocycles. The first-order valence-electron chi connectivity index (χ1n) is 3.99. The second-order valence-electron chi connectivity index (χ2n) is 2.90. The van der Waals surface area contributed by atoms with Crippen LogP contribution in [0.2, 0.25) is 0 Å². The Bertz CT molecular complexity index is 349. The Hall–Kier alpha value is -0.800. The number of carbonyl (C=O) groups is 1. The molecule has 0 aliphatic carbocycles. The highest BCUT2D eigenvalue weighted by atomic mass is 32.2. The summed E-state index contributed by atoms with van der Waals surface area (Å²) in [6.07, 6.45) is 0. The number of hydrogen-bond acceptors (Lipinski definition) is 4. The number of rotatable bonds is 2. The highest BCUT2D eigenvalue weighted by molar-refractivity contribution is 7.87. The largest absolute Gasteiger partial charge is 0.446 e. The molecule has 88 valence electrons. The Morgan fingerprint density at radius 3 is 2.20 bits per heavy atom. The molecule has 0 radical (unpaired) electrons. The fraction of sp³-hybridized carbons (Fsp3) is 0.833. The molecule has 0 unspecified atom stereocenters. The van der Waals surface area contributed by atoms with Crippen LogP contribution in [0.4, 0.5) is 8.78 Å². The van der Waals surface area contributed by atoms with Crippen LogP contribution < -0.4 is 0 Å². The van der Waals surface area contributed by atoms with Gasteiger partial charge in [0, 0.05) is 13.1 Å². The van der Waals surface area contributed by atoms with E-state index in [1.54, 1.807) is 0 Å². The molecule has 0 spiro atoms. The summed E-state index contributed by atoms with van der Waals surface area (Å²) in [5.41, 5.74) is 0. The van der Waals surface area contributed by atoms with Crippen molar-refractivity contribution in [2.75, 3.05) is 26.3 Å². The molecule has 0 bridgehead atoms. The molecule has 0 aromatic carbocycles. The van der Waals surface area contributed by atoms with Crippen molar-refractivity contribution >= 4 is 16.0 Å². The van der Waals surface area contributed by atoms with Crippen molar-refractivity contribution in [3.05, 3.63) is 0 Å². The second-order valence-corrected chi connectivity index (χ2v) is 4.36. The zero-order chi connectivity index (χ0) is 11.7. The van der Waals surface area contributed by atoms with E-state index in [0.717, 1.165) is 0 Å². The zero-order valence-electron chi connectivity index (χ0n) is 7.52. The minimum Gasteiger partial charge on any atom is -0.378 e. The summed E-state index contributed by atoms with van der Waals surface area (Å²) in [7, 11) is -5.72. The van der Waals surface area contributed by atoms with Crippen LogP contribution in [-0.2, 0) is 19.6 Å². The summed E-state index contributed by atoms with van der Waals surface area (Å²) >= 11 is 0. The van der Waals surface area contributed by atoms with Crippen molar-refractivity contribution in [2.45, 2.75) is 5.25 Å². The van der Waals surface area contributed by atoms with E-state index in [9.17, 15) is 22.0 Å². The van der Waals surface area contributed by atoms with E-state index in [4.69, 9.17) is 9.29 Å². The van der Waals surface area contributed by atoms with Gasteiger partial charge < -0.3 is 9.64 Å². The predicted molar refractivity (Wildman–Crippen MR) is 43.9 cm³/mol. The Morgan fingerprint density at radius 2 is 1.80 bits per heavy atom. The fourth-order valence-electron chi connectivity index (χ4n) is 1.06. The summed E-state index contributed by atoms with van der Waals surface area (Å²) in [4.78, 5) is 11.7. The predicted octanol–water partition coefficient (Wildman–Crippen LogP) is -0.674. The lowest BCUT2D eigenvalue weighted by Crippen LogP contribution is -2.51. The van der Waals surface area contributed by atoms with Gasteiger partial charge in [0.15, 0.2) is 0 Å². The van der Waals surface area contributed by atoms with Crippen molar-refractivity contribution in [3.63, 3.8) is 0 Å². The third-order valence-electron chi connectivity index (χ3n) is 1.87. The number of ether oxygens (including phenoxy) is 1. The minimum absolute atomic E-state index is 0.0628. The fourth-order valence-corrected chi connectivity index (χ4v) is 1.41. The number of amides is 1. The van der Waals surface area contributed by atoms with Crippen LogP contribution in [0, 0.1) is 0 Å². The quantitative estimate of drug-likeness (QED) is 0.652. The van der Waals surface area contributed by atoms with Gasteiger partial charge in [0.1, 0.15) is 0 Å². The number of nitrogens with zero attached hydrogens (tertiary/aromatic N) is 1. The van der Waals surface area contributed by atoms with Crippen molar-refractivity contribution < 1.29 is 31.3 Å². The smallest absolute Gasteiger partial charge is 0.378 e. The molecule has 6 nitrogen and oxygen atoms in total. The zero-order valence-corrected chi connectivity index (χ0v) is 8.34. The molecule has 1 fully saturated rings. The molecule has 0 atom stereocenters. The molecule has 1 aliphatic heterocycles. The van der Waals surface area contributed by atoms with Crippen molar-refractivity contribution in [2.24, 2.45) is 0 Å². The molecule has 1 N–H and O–H groups in total. The van der Waals surface area contributed by atoms with E-state index in [2.05, 4.69) is 0 Å². The molecule has 9 heteroatoms. The van der Waals surface area contributed by atoms with E-state index in [1.165, 1.54) is 0 Å². The molecule has 1 saturated heterocycles. The third-order valence-corrected chi connectivity index (χ3v) is 2.69. The lowest BCUT2D eigenvalue weighted by molar-refractivity contribution is -0.151. The first-order chi connectivity index (χ1) is 6.77. The molecule has 1 heterocycles. The molecule has 1 amide bonds. The molecule has 0 saturated carbocycles. The molecule has 1 rings (SSSR count). The van der Waals surface area contributed by atoms with Crippen molar-refractivity contribution in [3.8, 4) is 0 Å². The van der Waals surface area contributed by atoms with Crippen LogP contribution in [-0.4, -0.2) is 55.3 Å². The standard InChI is InChI=1S/C6H9F2NO5S/c7-6(8,15(11,12)13)5(10)9-1-3-14-4-2-9/h1-4H2,(H,11,12,13). The maximum Gasteiger partial charge on any atom is 0.446 e. The van der Waals surface area contributed by atoms with Crippen LogP contribution in [0.3, 0.4) is 0 Å². The van der Waals surface area contributed by atoms with Gasteiger partial charge in [-0.2, -0.15) is 17.2 Å². The Labute approximate surface area is 84.6 Å². The van der Waals surface area contributed by atoms with Gasteiger partial charge in [0.05, 0.1) is 13.2 Å². The SMILES string of the molecule is O=C(N1CCOCC1)C(F)(F)S(=O)(=O)O. The average molecular weight is 245 g/mol. The van der Waals surface area contributed by atoms with Crippen molar-refractivity contribution in [1.29, 1.82) is 0 Å². The molecule has 0 aromatic rings. The number of halogens is 2. The van der Waals surface area contributed by atoms with Crippen molar-refractivity contribution in [1.82, 2.24) is 4.90 Å². The highest BCUT2D eigenvalue weighted by Crippen LogP contribution is 2.23. The molecule has 15 heavy (non-hydrogen) atoms. The van der Waals surface area contributed by atoms with E-state index in [1.807, 2.05) is 0 Å². The van der Waals surface area contributed by atoms with Crippen LogP contribution in [0.15, 0.2) is 0 Å². The van der Waals surface area contributed by atoms with E-state index in [-0.39, 0.29) is 26.3 Å². The Kier molecular flexibility index (Phi) is 3.26. The van der Waals surface area contributed by atoms with Gasteiger partial charge >= 0.3 is 21.3 Å². The van der Waals surface area contributed by atoms with Gasteiger partial charge in [-0.05, 0) is 0 Å². The number of hydrogen-bond donors (Lipinski definition) is 1. The summed E-state index contributed by atoms with van der Waals surface area (Å²) in [5.74, 6) is -1.92. The Balaban J connectivity index is 2.83. The van der Waals surface area contributed by atoms with Gasteiger partial charge in [-0.1, -0.05) is 0 Å². The highest BCUT2D eigenvalue weighted by Gasteiger charge is 2.54. The van der Waals surface area contributed by atoms with Crippen LogP contribution >= 0.6 is 0 Å². The summed E-state index contributed by atoms with van der Waals surface area (Å²) in [5, 5.41) is -4.79. The van der Waals surface area contributed by atoms with Gasteiger partial charge in [-0.15, -0.1) is 0 Å². The topological polar surface area (TPSA) is 83.9 Å². The van der Waals surface area contributed by atoms with E-state index in [0.29, 0.717) is 4.90 Å². The minimum atomic E-state index is -5.72. The number of carbonyl (C=O) groups excluding carboxylic acids is 1. The monoisotopic (exact) mass is 245 g/mol. The Morgan fingerprint density at radius 1 is 1.33 bits per heavy atom. The first-order valence-corrected chi connectivity index (χ1v) is 5.43. The second kappa shape index (κ2) is 3.99. The number of alkyl halides is 2. The summed E-state index contributed by atoms with van der Waals surface area (Å²) in [6, 6.07) is 0. The third kappa shape index (κ3) is 2.41. The average Bonchev–Trinajstić information content (AvgIpc) is 2.16. The lowest BCUT2D eigenvalue weighted by Gasteiger charge is -2.28. The summed E-state index contributed by atoms with van der Waals surface area (Å²) < 4.78 is 59.2. The maximum atomic E-state index is 12.8. The molecular weight excluding hydrogens is 236 g/mol. The van der Waals surface area contributed by atoms with Crippen LogP contribution in [0.5, 0.6) is 0 Å². The molecule has 1 aliphatic rings. The van der Waals surface area contributed by atoms with E-state index < -0.39 is 21.3 Å². The van der Waals surface area contributed by atoms with Gasteiger partial charge in [-0.25, -0.2) is 0 Å². The normalized spacial score (nSPS) is 19.0. The summed E-state index contributed by atoms with van der Waals surface area (Å²) in [6.45, 7) is -0.117. The lowest BCUT2D eigenvalue weighted by atomic mass is 10.4. The molecular formula is C6H9F2NO5S. The number of morpholine rings is 1. The van der Waals surface area contributed by atoms with Gasteiger partial charge in [0.2, 0.25) is 0 Å². The van der Waals surface area contributed by atoms with Gasteiger partial charge in [0.25, 0.3) is 0 Å². The first kappa shape index (κ1) is 12.3. The maximum absolute atomic E-state index is 12.8.